The number of esters is 1. The summed E-state index contributed by atoms with van der Waals surface area (Å²) in [4.78, 5) is 51.8. The van der Waals surface area contributed by atoms with Crippen LogP contribution in [-0.2, 0) is 23.9 Å². The van der Waals surface area contributed by atoms with Crippen LogP contribution >= 0.6 is 11.6 Å². The molecule has 4 aliphatic rings. The molecule has 0 bridgehead atoms. The van der Waals surface area contributed by atoms with Crippen molar-refractivity contribution in [3.8, 4) is 0 Å². The number of halogens is 2. The smallest absolute Gasteiger partial charge is 0.306 e. The Hall–Kier alpha value is -1.82. The van der Waals surface area contributed by atoms with Gasteiger partial charge in [-0.25, -0.2) is 4.39 Å². The van der Waals surface area contributed by atoms with Crippen LogP contribution in [0.4, 0.5) is 4.39 Å². The van der Waals surface area contributed by atoms with Gasteiger partial charge in [-0.2, -0.15) is 0 Å². The molecule has 0 saturated heterocycles. The molecule has 0 aromatic rings. The number of Topliss-reactive ketones (excluding diaryl/α,β-unsaturated/α-hetero) is 2. The van der Waals surface area contributed by atoms with Crippen LogP contribution in [0.2, 0.25) is 0 Å². The maximum absolute atomic E-state index is 17.1. The number of rotatable bonds is 5. The lowest BCUT2D eigenvalue weighted by Gasteiger charge is -2.59. The number of carbonyl (C=O) groups excluding carboxylic acids is 4. The Labute approximate surface area is 199 Å². The minimum absolute atomic E-state index is 0.0991. The number of ketones is 3. The Morgan fingerprint density at radius 1 is 1.24 bits per heavy atom. The lowest BCUT2D eigenvalue weighted by Crippen LogP contribution is -2.68. The molecule has 5 nitrogen and oxygen atoms in total. The van der Waals surface area contributed by atoms with Crippen molar-refractivity contribution in [1.29, 1.82) is 0 Å². The minimum atomic E-state index is -2.19. The molecule has 0 amide bonds. The molecule has 4 aliphatic carbocycles. The van der Waals surface area contributed by atoms with Gasteiger partial charge in [0.2, 0.25) is 0 Å². The van der Waals surface area contributed by atoms with Crippen molar-refractivity contribution in [2.45, 2.75) is 77.5 Å². The van der Waals surface area contributed by atoms with Gasteiger partial charge in [0, 0.05) is 41.9 Å². The van der Waals surface area contributed by atoms with E-state index >= 15 is 4.39 Å². The zero-order valence-electron chi connectivity index (χ0n) is 19.7. The first kappa shape index (κ1) is 24.3. The number of ether oxygens (including phenoxy) is 1. The molecule has 0 aromatic heterocycles. The van der Waals surface area contributed by atoms with Gasteiger partial charge in [-0.05, 0) is 38.2 Å². The van der Waals surface area contributed by atoms with E-state index in [1.807, 2.05) is 19.9 Å². The van der Waals surface area contributed by atoms with E-state index in [4.69, 9.17) is 16.3 Å². The summed E-state index contributed by atoms with van der Waals surface area (Å²) in [5.74, 6) is -3.42. The highest BCUT2D eigenvalue weighted by Crippen LogP contribution is 2.70. The summed E-state index contributed by atoms with van der Waals surface area (Å²) < 4.78 is 23.1. The fraction of sp³-hybridized carbons (Fsp3) is 0.692. The molecule has 0 radical (unpaired) electrons. The quantitative estimate of drug-likeness (QED) is 0.325. The third-order valence-electron chi connectivity index (χ3n) is 9.17. The summed E-state index contributed by atoms with van der Waals surface area (Å²) in [6.07, 6.45) is 6.19. The van der Waals surface area contributed by atoms with Crippen molar-refractivity contribution in [3.05, 3.63) is 23.8 Å². The first-order chi connectivity index (χ1) is 15.4. The monoisotopic (exact) mass is 478 g/mol. The average Bonchev–Trinajstić information content (AvgIpc) is 2.97. The van der Waals surface area contributed by atoms with Crippen LogP contribution in [-0.4, -0.2) is 40.5 Å². The molecule has 7 atom stereocenters. The Morgan fingerprint density at radius 3 is 2.58 bits per heavy atom. The topological polar surface area (TPSA) is 77.5 Å². The highest BCUT2D eigenvalue weighted by Gasteiger charge is 2.77. The number of alkyl halides is 2. The molecule has 7 unspecified atom stereocenters. The highest BCUT2D eigenvalue weighted by atomic mass is 35.5. The molecule has 4 rings (SSSR count). The third kappa shape index (κ3) is 2.95. The molecular weight excluding hydrogens is 447 g/mol. The molecule has 0 N–H and O–H groups in total. The molecule has 2 fully saturated rings. The summed E-state index contributed by atoms with van der Waals surface area (Å²) in [6, 6.07) is 0. The van der Waals surface area contributed by atoms with Gasteiger partial charge in [0.25, 0.3) is 0 Å². The Balaban J connectivity index is 1.85. The SMILES string of the molecule is CCCC(=O)OC1(C(=O)CCl)C(C)CC2C3CC=C4CC(=O)C=CC4(C)C3(F)C(=O)CC21C. The Bertz CT molecular complexity index is 987. The molecule has 180 valence electrons. The molecule has 33 heavy (non-hydrogen) atoms. The van der Waals surface area contributed by atoms with E-state index in [0.717, 1.165) is 0 Å². The largest absolute Gasteiger partial charge is 0.450 e. The third-order valence-corrected chi connectivity index (χ3v) is 9.41. The van der Waals surface area contributed by atoms with Gasteiger partial charge in [0.05, 0.1) is 5.88 Å². The van der Waals surface area contributed by atoms with Crippen molar-refractivity contribution < 1.29 is 28.3 Å². The van der Waals surface area contributed by atoms with Crippen LogP contribution in [0.25, 0.3) is 0 Å². The van der Waals surface area contributed by atoms with Gasteiger partial charge in [-0.15, -0.1) is 11.6 Å². The number of fused-ring (bicyclic) bond motifs is 5. The maximum Gasteiger partial charge on any atom is 0.306 e. The zero-order chi connectivity index (χ0) is 24.4. The van der Waals surface area contributed by atoms with Crippen LogP contribution in [0.1, 0.15) is 66.2 Å². The van der Waals surface area contributed by atoms with Crippen LogP contribution in [0.15, 0.2) is 23.8 Å². The van der Waals surface area contributed by atoms with E-state index in [9.17, 15) is 19.2 Å². The minimum Gasteiger partial charge on any atom is -0.450 e. The van der Waals surface area contributed by atoms with E-state index in [0.29, 0.717) is 24.8 Å². The van der Waals surface area contributed by atoms with Crippen molar-refractivity contribution in [1.82, 2.24) is 0 Å². The molecule has 7 heteroatoms. The normalized spacial score (nSPS) is 43.9. The first-order valence-electron chi connectivity index (χ1n) is 11.9. The van der Waals surface area contributed by atoms with Gasteiger partial charge in [0.1, 0.15) is 0 Å². The standard InChI is InChI=1S/C26H32ClFO5/c1-5-6-22(32)33-26(21(31)14-27)15(2)11-19-18-8-7-16-12-17(29)9-10-23(16,3)25(18,28)20(30)13-24(19,26)4/h7,9-10,15,18-19H,5-6,8,11-14H2,1-4H3. The van der Waals surface area contributed by atoms with E-state index in [-0.39, 0.29) is 36.8 Å². The van der Waals surface area contributed by atoms with E-state index < -0.39 is 51.5 Å². The second-order valence-corrected chi connectivity index (χ2v) is 11.0. The Kier molecular flexibility index (Phi) is 5.79. The van der Waals surface area contributed by atoms with Gasteiger partial charge in [-0.1, -0.05) is 38.5 Å². The number of allylic oxidation sites excluding steroid dienone is 4. The summed E-state index contributed by atoms with van der Waals surface area (Å²) in [5.41, 5.74) is -5.37. The van der Waals surface area contributed by atoms with Crippen LogP contribution in [0.5, 0.6) is 0 Å². The van der Waals surface area contributed by atoms with Crippen molar-refractivity contribution in [2.75, 3.05) is 5.88 Å². The fourth-order valence-corrected chi connectivity index (χ4v) is 7.77. The van der Waals surface area contributed by atoms with E-state index in [2.05, 4.69) is 0 Å². The summed E-state index contributed by atoms with van der Waals surface area (Å²) in [7, 11) is 0. The summed E-state index contributed by atoms with van der Waals surface area (Å²) >= 11 is 6.02. The number of carbonyl (C=O) groups is 4. The predicted octanol–water partition coefficient (Wildman–Crippen LogP) is 4.70. The number of hydrogen-bond acceptors (Lipinski definition) is 5. The second kappa shape index (κ2) is 7.86. The van der Waals surface area contributed by atoms with Gasteiger partial charge >= 0.3 is 5.97 Å². The molecule has 0 aromatic carbocycles. The van der Waals surface area contributed by atoms with E-state index in [1.165, 1.54) is 6.08 Å². The predicted molar refractivity (Wildman–Crippen MR) is 121 cm³/mol. The average molecular weight is 479 g/mol. The maximum atomic E-state index is 17.1. The summed E-state index contributed by atoms with van der Waals surface area (Å²) in [5, 5.41) is 0. The van der Waals surface area contributed by atoms with Gasteiger partial charge in [-0.3, -0.25) is 19.2 Å². The van der Waals surface area contributed by atoms with Crippen molar-refractivity contribution in [3.63, 3.8) is 0 Å². The molecule has 2 saturated carbocycles. The van der Waals surface area contributed by atoms with E-state index in [1.54, 1.807) is 19.9 Å². The molecule has 0 heterocycles. The fourth-order valence-electron chi connectivity index (χ4n) is 7.57. The lowest BCUT2D eigenvalue weighted by molar-refractivity contribution is -0.200. The molecule has 0 aliphatic heterocycles. The highest BCUT2D eigenvalue weighted by molar-refractivity contribution is 6.29. The zero-order valence-corrected chi connectivity index (χ0v) is 20.5. The van der Waals surface area contributed by atoms with Crippen molar-refractivity contribution >= 4 is 34.9 Å². The van der Waals surface area contributed by atoms with Gasteiger partial charge < -0.3 is 4.74 Å². The molecule has 0 spiro atoms. The van der Waals surface area contributed by atoms with Crippen LogP contribution in [0, 0.1) is 28.6 Å². The van der Waals surface area contributed by atoms with Crippen LogP contribution < -0.4 is 0 Å². The lowest BCUT2D eigenvalue weighted by atomic mass is 9.45. The number of hydrogen-bond donors (Lipinski definition) is 0. The van der Waals surface area contributed by atoms with Crippen LogP contribution in [0.3, 0.4) is 0 Å². The second-order valence-electron chi connectivity index (χ2n) is 10.7. The molecular formula is C26H32ClFO5. The van der Waals surface area contributed by atoms with Crippen molar-refractivity contribution in [2.24, 2.45) is 28.6 Å². The summed E-state index contributed by atoms with van der Waals surface area (Å²) in [6.45, 7) is 7.18. The first-order valence-corrected chi connectivity index (χ1v) is 12.4. The Morgan fingerprint density at radius 2 is 1.94 bits per heavy atom. The van der Waals surface area contributed by atoms with Gasteiger partial charge in [0.15, 0.2) is 28.6 Å².